The topological polar surface area (TPSA) is 88.9 Å². The second-order valence-electron chi connectivity index (χ2n) is 5.74. The summed E-state index contributed by atoms with van der Waals surface area (Å²) in [6, 6.07) is 7.10. The van der Waals surface area contributed by atoms with Crippen LogP contribution in [0.4, 0.5) is 0 Å². The highest BCUT2D eigenvalue weighted by molar-refractivity contribution is 7.98. The van der Waals surface area contributed by atoms with Crippen molar-refractivity contribution < 1.29 is 9.59 Å². The second kappa shape index (κ2) is 11.0. The molecular weight excluding hydrogens is 382 g/mol. The van der Waals surface area contributed by atoms with E-state index in [1.807, 2.05) is 31.6 Å². The summed E-state index contributed by atoms with van der Waals surface area (Å²) in [5.41, 5.74) is 2.44. The van der Waals surface area contributed by atoms with Crippen LogP contribution in [-0.4, -0.2) is 58.2 Å². The Labute approximate surface area is 168 Å². The number of rotatable bonds is 10. The molecule has 0 spiro atoms. The molecule has 7 nitrogen and oxygen atoms in total. The SMILES string of the molecule is CCNC(=O)c1ccc(-n2nnc(C(=O)NCCCSC)c2CSC)cc1. The van der Waals surface area contributed by atoms with Gasteiger partial charge < -0.3 is 10.6 Å². The van der Waals surface area contributed by atoms with E-state index in [-0.39, 0.29) is 11.8 Å². The first-order chi connectivity index (χ1) is 13.1. The van der Waals surface area contributed by atoms with Crippen molar-refractivity contribution in [2.45, 2.75) is 19.1 Å². The number of amides is 2. The summed E-state index contributed by atoms with van der Waals surface area (Å²) >= 11 is 3.35. The van der Waals surface area contributed by atoms with E-state index < -0.39 is 0 Å². The minimum atomic E-state index is -0.203. The predicted octanol–water partition coefficient (Wildman–Crippen LogP) is 2.36. The van der Waals surface area contributed by atoms with Crippen molar-refractivity contribution in [3.8, 4) is 5.69 Å². The number of nitrogens with zero attached hydrogens (tertiary/aromatic N) is 3. The van der Waals surface area contributed by atoms with Gasteiger partial charge in [0.2, 0.25) is 0 Å². The smallest absolute Gasteiger partial charge is 0.273 e. The fourth-order valence-corrected chi connectivity index (χ4v) is 3.44. The third-order valence-corrected chi connectivity index (χ3v) is 5.04. The molecule has 9 heteroatoms. The molecule has 0 unspecified atom stereocenters. The van der Waals surface area contributed by atoms with E-state index in [0.29, 0.717) is 30.1 Å². The molecule has 2 N–H and O–H groups in total. The molecule has 0 aliphatic heterocycles. The maximum Gasteiger partial charge on any atom is 0.273 e. The average Bonchev–Trinajstić information content (AvgIpc) is 3.09. The quantitative estimate of drug-likeness (QED) is 0.588. The molecule has 2 aromatic rings. The predicted molar refractivity (Wildman–Crippen MR) is 112 cm³/mol. The van der Waals surface area contributed by atoms with Crippen molar-refractivity contribution in [2.75, 3.05) is 31.4 Å². The molecule has 0 aliphatic rings. The van der Waals surface area contributed by atoms with Gasteiger partial charge in [-0.3, -0.25) is 9.59 Å². The zero-order valence-electron chi connectivity index (χ0n) is 15.8. The Kier molecular flexibility index (Phi) is 8.66. The van der Waals surface area contributed by atoms with Crippen LogP contribution < -0.4 is 10.6 Å². The van der Waals surface area contributed by atoms with Crippen LogP contribution in [0, 0.1) is 0 Å². The molecule has 1 heterocycles. The highest BCUT2D eigenvalue weighted by Crippen LogP contribution is 2.18. The van der Waals surface area contributed by atoms with Crippen molar-refractivity contribution in [1.82, 2.24) is 25.6 Å². The van der Waals surface area contributed by atoms with Crippen LogP contribution in [0.3, 0.4) is 0 Å². The van der Waals surface area contributed by atoms with Gasteiger partial charge in [-0.1, -0.05) is 5.21 Å². The van der Waals surface area contributed by atoms with E-state index in [9.17, 15) is 9.59 Å². The molecule has 2 amide bonds. The van der Waals surface area contributed by atoms with Crippen LogP contribution in [0.25, 0.3) is 5.69 Å². The number of carbonyl (C=O) groups is 2. The molecule has 0 fully saturated rings. The third kappa shape index (κ3) is 5.74. The number of thioether (sulfide) groups is 2. The second-order valence-corrected chi connectivity index (χ2v) is 7.59. The summed E-state index contributed by atoms with van der Waals surface area (Å²) in [6.45, 7) is 3.08. The summed E-state index contributed by atoms with van der Waals surface area (Å²) in [5, 5.41) is 13.9. The van der Waals surface area contributed by atoms with Crippen LogP contribution in [0.15, 0.2) is 24.3 Å². The van der Waals surface area contributed by atoms with Gasteiger partial charge in [0.15, 0.2) is 5.69 Å². The first-order valence-electron chi connectivity index (χ1n) is 8.71. The summed E-state index contributed by atoms with van der Waals surface area (Å²) < 4.78 is 1.66. The number of benzene rings is 1. The number of carbonyl (C=O) groups excluding carboxylic acids is 2. The standard InChI is InChI=1S/C18H25N5O2S2/c1-4-19-17(24)13-6-8-14(9-7-13)23-15(12-27-3)16(21-22-23)18(25)20-10-5-11-26-2/h6-9H,4-5,10-12H2,1-3H3,(H,19,24)(H,20,25). The zero-order valence-corrected chi connectivity index (χ0v) is 17.5. The highest BCUT2D eigenvalue weighted by atomic mass is 32.2. The molecule has 0 radical (unpaired) electrons. The lowest BCUT2D eigenvalue weighted by Gasteiger charge is -2.08. The van der Waals surface area contributed by atoms with Crippen LogP contribution in [0.1, 0.15) is 39.9 Å². The van der Waals surface area contributed by atoms with Crippen molar-refractivity contribution in [1.29, 1.82) is 0 Å². The maximum atomic E-state index is 12.5. The van der Waals surface area contributed by atoms with E-state index in [1.54, 1.807) is 40.3 Å². The minimum Gasteiger partial charge on any atom is -0.352 e. The molecular formula is C18H25N5O2S2. The molecule has 1 aromatic heterocycles. The maximum absolute atomic E-state index is 12.5. The molecule has 0 atom stereocenters. The first kappa shape index (κ1) is 21.3. The van der Waals surface area contributed by atoms with Gasteiger partial charge in [-0.2, -0.15) is 23.5 Å². The van der Waals surface area contributed by atoms with Crippen LogP contribution >= 0.6 is 23.5 Å². The van der Waals surface area contributed by atoms with E-state index in [1.165, 1.54) is 0 Å². The monoisotopic (exact) mass is 407 g/mol. The molecule has 0 saturated heterocycles. The first-order valence-corrected chi connectivity index (χ1v) is 11.5. The lowest BCUT2D eigenvalue weighted by Crippen LogP contribution is -2.26. The molecule has 1 aromatic carbocycles. The van der Waals surface area contributed by atoms with E-state index >= 15 is 0 Å². The van der Waals surface area contributed by atoms with Gasteiger partial charge in [0, 0.05) is 24.4 Å². The van der Waals surface area contributed by atoms with Crippen molar-refractivity contribution in [3.05, 3.63) is 41.2 Å². The lowest BCUT2D eigenvalue weighted by atomic mass is 10.2. The van der Waals surface area contributed by atoms with E-state index in [0.717, 1.165) is 23.6 Å². The molecule has 0 saturated carbocycles. The molecule has 27 heavy (non-hydrogen) atoms. The van der Waals surface area contributed by atoms with Crippen molar-refractivity contribution >= 4 is 35.3 Å². The summed E-state index contributed by atoms with van der Waals surface area (Å²) in [7, 11) is 0. The molecule has 2 rings (SSSR count). The minimum absolute atomic E-state index is 0.114. The van der Waals surface area contributed by atoms with Crippen molar-refractivity contribution in [3.63, 3.8) is 0 Å². The average molecular weight is 408 g/mol. The Hall–Kier alpha value is -2.00. The fraction of sp³-hybridized carbons (Fsp3) is 0.444. The number of hydrogen-bond donors (Lipinski definition) is 2. The summed E-state index contributed by atoms with van der Waals surface area (Å²) in [5.74, 6) is 1.30. The van der Waals surface area contributed by atoms with Gasteiger partial charge in [0.05, 0.1) is 11.4 Å². The number of nitrogens with one attached hydrogen (secondary N) is 2. The van der Waals surface area contributed by atoms with Gasteiger partial charge in [-0.05, 0) is 55.9 Å². The number of aromatic nitrogens is 3. The van der Waals surface area contributed by atoms with Gasteiger partial charge >= 0.3 is 0 Å². The Morgan fingerprint density at radius 2 is 1.81 bits per heavy atom. The van der Waals surface area contributed by atoms with Gasteiger partial charge in [-0.15, -0.1) is 5.10 Å². The highest BCUT2D eigenvalue weighted by Gasteiger charge is 2.20. The molecule has 0 aliphatic carbocycles. The lowest BCUT2D eigenvalue weighted by molar-refractivity contribution is 0.0943. The van der Waals surface area contributed by atoms with E-state index in [2.05, 4.69) is 20.9 Å². The third-order valence-electron chi connectivity index (χ3n) is 3.78. The van der Waals surface area contributed by atoms with Gasteiger partial charge in [-0.25, -0.2) is 4.68 Å². The van der Waals surface area contributed by atoms with Crippen LogP contribution in [-0.2, 0) is 5.75 Å². The fourth-order valence-electron chi connectivity index (χ4n) is 2.47. The van der Waals surface area contributed by atoms with Crippen LogP contribution in [0.5, 0.6) is 0 Å². The van der Waals surface area contributed by atoms with E-state index in [4.69, 9.17) is 0 Å². The Bertz CT molecular complexity index is 762. The number of hydrogen-bond acceptors (Lipinski definition) is 6. The van der Waals surface area contributed by atoms with Gasteiger partial charge in [0.1, 0.15) is 0 Å². The Morgan fingerprint density at radius 3 is 2.44 bits per heavy atom. The Morgan fingerprint density at radius 1 is 1.07 bits per heavy atom. The normalized spacial score (nSPS) is 10.6. The van der Waals surface area contributed by atoms with Gasteiger partial charge in [0.25, 0.3) is 11.8 Å². The summed E-state index contributed by atoms with van der Waals surface area (Å²) in [4.78, 5) is 24.4. The molecule has 146 valence electrons. The zero-order chi connectivity index (χ0) is 19.6. The summed E-state index contributed by atoms with van der Waals surface area (Å²) in [6.07, 6.45) is 4.93. The van der Waals surface area contributed by atoms with Crippen molar-refractivity contribution in [2.24, 2.45) is 0 Å². The van der Waals surface area contributed by atoms with Crippen LogP contribution in [0.2, 0.25) is 0 Å². The molecule has 0 bridgehead atoms. The largest absolute Gasteiger partial charge is 0.352 e. The Balaban J connectivity index is 2.20.